The van der Waals surface area contributed by atoms with Crippen molar-refractivity contribution in [2.45, 2.75) is 25.3 Å². The van der Waals surface area contributed by atoms with E-state index in [-0.39, 0.29) is 12.1 Å². The van der Waals surface area contributed by atoms with Crippen molar-refractivity contribution in [3.63, 3.8) is 0 Å². The van der Waals surface area contributed by atoms with Gasteiger partial charge in [0.1, 0.15) is 5.76 Å². The largest absolute Gasteiger partial charge is 0.469 e. The topological polar surface area (TPSA) is 54.3 Å². The predicted molar refractivity (Wildman–Crippen MR) is 73.0 cm³/mol. The molecule has 0 saturated heterocycles. The van der Waals surface area contributed by atoms with Crippen LogP contribution in [0, 0.1) is 0 Å². The molecule has 19 heavy (non-hydrogen) atoms. The van der Waals surface area contributed by atoms with E-state index in [1.807, 2.05) is 36.4 Å². The van der Waals surface area contributed by atoms with Crippen molar-refractivity contribution in [1.29, 1.82) is 0 Å². The SMILES string of the molecule is O=C(Nc1ccccc1)N[C@@H]1CCCc2occc21. The molecule has 3 rings (SSSR count). The summed E-state index contributed by atoms with van der Waals surface area (Å²) >= 11 is 0. The number of amides is 2. The number of benzene rings is 1. The lowest BCUT2D eigenvalue weighted by molar-refractivity contribution is 0.246. The average molecular weight is 256 g/mol. The van der Waals surface area contributed by atoms with Gasteiger partial charge in [-0.05, 0) is 31.0 Å². The summed E-state index contributed by atoms with van der Waals surface area (Å²) in [6.07, 6.45) is 4.64. The Labute approximate surface area is 111 Å². The minimum Gasteiger partial charge on any atom is -0.469 e. The van der Waals surface area contributed by atoms with Crippen LogP contribution >= 0.6 is 0 Å². The molecule has 2 N–H and O–H groups in total. The van der Waals surface area contributed by atoms with Crippen molar-refractivity contribution >= 4 is 11.7 Å². The zero-order chi connectivity index (χ0) is 13.1. The molecular formula is C15H16N2O2. The third-order valence-electron chi connectivity index (χ3n) is 3.39. The standard InChI is InChI=1S/C15H16N2O2/c18-15(16-11-5-2-1-3-6-11)17-13-7-4-8-14-12(13)9-10-19-14/h1-3,5-6,9-10,13H,4,7-8H2,(H2,16,17,18)/t13-/m1/s1. The number of para-hydroxylation sites is 1. The molecule has 0 unspecified atom stereocenters. The Kier molecular flexibility index (Phi) is 3.23. The van der Waals surface area contributed by atoms with Crippen LogP contribution in [0.5, 0.6) is 0 Å². The van der Waals surface area contributed by atoms with Gasteiger partial charge in [-0.1, -0.05) is 18.2 Å². The van der Waals surface area contributed by atoms with Crippen LogP contribution in [0.4, 0.5) is 10.5 Å². The Hall–Kier alpha value is -2.23. The van der Waals surface area contributed by atoms with Crippen LogP contribution in [0.3, 0.4) is 0 Å². The highest BCUT2D eigenvalue weighted by Gasteiger charge is 2.23. The first-order valence-electron chi connectivity index (χ1n) is 6.52. The van der Waals surface area contributed by atoms with Crippen LogP contribution in [0.15, 0.2) is 47.1 Å². The number of rotatable bonds is 2. The minimum atomic E-state index is -0.176. The smallest absolute Gasteiger partial charge is 0.319 e. The first-order valence-corrected chi connectivity index (χ1v) is 6.52. The number of carbonyl (C=O) groups excluding carboxylic acids is 1. The van der Waals surface area contributed by atoms with Gasteiger partial charge in [-0.3, -0.25) is 0 Å². The second-order valence-electron chi connectivity index (χ2n) is 4.71. The maximum atomic E-state index is 12.0. The van der Waals surface area contributed by atoms with Gasteiger partial charge in [-0.25, -0.2) is 4.79 Å². The Bertz CT molecular complexity index is 563. The van der Waals surface area contributed by atoms with Gasteiger partial charge in [0.05, 0.1) is 12.3 Å². The van der Waals surface area contributed by atoms with Crippen LogP contribution in [0.2, 0.25) is 0 Å². The molecule has 1 heterocycles. The number of fused-ring (bicyclic) bond motifs is 1. The van der Waals surface area contributed by atoms with Crippen molar-refractivity contribution in [2.24, 2.45) is 0 Å². The Balaban J connectivity index is 1.65. The highest BCUT2D eigenvalue weighted by atomic mass is 16.3. The van der Waals surface area contributed by atoms with E-state index in [4.69, 9.17) is 4.42 Å². The van der Waals surface area contributed by atoms with Gasteiger partial charge in [0.2, 0.25) is 0 Å². The molecule has 0 bridgehead atoms. The van der Waals surface area contributed by atoms with E-state index in [2.05, 4.69) is 10.6 Å². The second kappa shape index (κ2) is 5.18. The van der Waals surface area contributed by atoms with E-state index in [1.165, 1.54) is 0 Å². The van der Waals surface area contributed by atoms with Crippen molar-refractivity contribution < 1.29 is 9.21 Å². The van der Waals surface area contributed by atoms with Crippen LogP contribution in [0.25, 0.3) is 0 Å². The second-order valence-corrected chi connectivity index (χ2v) is 4.71. The first-order chi connectivity index (χ1) is 9.33. The van der Waals surface area contributed by atoms with E-state index in [9.17, 15) is 4.79 Å². The van der Waals surface area contributed by atoms with Crippen LogP contribution in [-0.4, -0.2) is 6.03 Å². The van der Waals surface area contributed by atoms with E-state index < -0.39 is 0 Å². The van der Waals surface area contributed by atoms with Gasteiger partial charge in [-0.15, -0.1) is 0 Å². The van der Waals surface area contributed by atoms with Gasteiger partial charge in [0.15, 0.2) is 0 Å². The fraction of sp³-hybridized carbons (Fsp3) is 0.267. The van der Waals surface area contributed by atoms with Gasteiger partial charge in [0, 0.05) is 17.7 Å². The van der Waals surface area contributed by atoms with Crippen LogP contribution < -0.4 is 10.6 Å². The first kappa shape index (κ1) is 11.8. The lowest BCUT2D eigenvalue weighted by atomic mass is 9.93. The molecule has 4 heteroatoms. The maximum Gasteiger partial charge on any atom is 0.319 e. The molecule has 0 radical (unpaired) electrons. The van der Waals surface area contributed by atoms with E-state index in [0.717, 1.165) is 36.3 Å². The van der Waals surface area contributed by atoms with Crippen molar-refractivity contribution in [2.75, 3.05) is 5.32 Å². The Morgan fingerprint density at radius 1 is 1.21 bits per heavy atom. The van der Waals surface area contributed by atoms with Gasteiger partial charge in [-0.2, -0.15) is 0 Å². The summed E-state index contributed by atoms with van der Waals surface area (Å²) in [6.45, 7) is 0. The molecule has 1 atom stereocenters. The molecule has 1 aromatic heterocycles. The lowest BCUT2D eigenvalue weighted by Gasteiger charge is -2.22. The van der Waals surface area contributed by atoms with E-state index in [1.54, 1.807) is 6.26 Å². The minimum absolute atomic E-state index is 0.0474. The zero-order valence-electron chi connectivity index (χ0n) is 10.6. The van der Waals surface area contributed by atoms with Gasteiger partial charge >= 0.3 is 6.03 Å². The maximum absolute atomic E-state index is 12.0. The van der Waals surface area contributed by atoms with Crippen molar-refractivity contribution in [3.05, 3.63) is 54.0 Å². The van der Waals surface area contributed by atoms with Crippen LogP contribution in [0.1, 0.15) is 30.2 Å². The highest BCUT2D eigenvalue weighted by molar-refractivity contribution is 5.89. The normalized spacial score (nSPS) is 17.6. The van der Waals surface area contributed by atoms with E-state index in [0.29, 0.717) is 0 Å². The monoisotopic (exact) mass is 256 g/mol. The Morgan fingerprint density at radius 2 is 2.05 bits per heavy atom. The fourth-order valence-electron chi connectivity index (χ4n) is 2.48. The van der Waals surface area contributed by atoms with Crippen molar-refractivity contribution in [3.8, 4) is 0 Å². The summed E-state index contributed by atoms with van der Waals surface area (Å²) in [5.41, 5.74) is 1.90. The van der Waals surface area contributed by atoms with Crippen LogP contribution in [-0.2, 0) is 6.42 Å². The molecule has 0 aliphatic heterocycles. The molecule has 1 aliphatic rings. The molecule has 1 aliphatic carbocycles. The molecule has 98 valence electrons. The molecule has 2 amide bonds. The molecule has 4 nitrogen and oxygen atoms in total. The number of furan rings is 1. The van der Waals surface area contributed by atoms with Gasteiger partial charge < -0.3 is 15.1 Å². The van der Waals surface area contributed by atoms with E-state index >= 15 is 0 Å². The van der Waals surface area contributed by atoms with Crippen molar-refractivity contribution in [1.82, 2.24) is 5.32 Å². The third kappa shape index (κ3) is 2.62. The quantitative estimate of drug-likeness (QED) is 0.864. The lowest BCUT2D eigenvalue weighted by Crippen LogP contribution is -2.33. The number of hydrogen-bond donors (Lipinski definition) is 2. The summed E-state index contributed by atoms with van der Waals surface area (Å²) in [5.74, 6) is 0.997. The summed E-state index contributed by atoms with van der Waals surface area (Å²) in [6, 6.07) is 11.3. The molecule has 0 saturated carbocycles. The number of aryl methyl sites for hydroxylation is 1. The average Bonchev–Trinajstić information content (AvgIpc) is 2.89. The predicted octanol–water partition coefficient (Wildman–Crippen LogP) is 3.48. The molecule has 1 aromatic carbocycles. The number of carbonyl (C=O) groups is 1. The summed E-state index contributed by atoms with van der Waals surface area (Å²) in [5, 5.41) is 5.83. The third-order valence-corrected chi connectivity index (χ3v) is 3.39. The molecule has 0 fully saturated rings. The molecule has 2 aromatic rings. The zero-order valence-corrected chi connectivity index (χ0v) is 10.6. The summed E-state index contributed by atoms with van der Waals surface area (Å²) < 4.78 is 5.41. The number of nitrogens with one attached hydrogen (secondary N) is 2. The molecular weight excluding hydrogens is 240 g/mol. The highest BCUT2D eigenvalue weighted by Crippen LogP contribution is 2.30. The number of anilines is 1. The molecule has 0 spiro atoms. The fourth-order valence-corrected chi connectivity index (χ4v) is 2.48. The summed E-state index contributed by atoms with van der Waals surface area (Å²) in [4.78, 5) is 12.0. The van der Waals surface area contributed by atoms with Gasteiger partial charge in [0.25, 0.3) is 0 Å². The summed E-state index contributed by atoms with van der Waals surface area (Å²) in [7, 11) is 0. The number of urea groups is 1. The number of hydrogen-bond acceptors (Lipinski definition) is 2. The Morgan fingerprint density at radius 3 is 2.89 bits per heavy atom.